The number of halogens is 4. The van der Waals surface area contributed by atoms with E-state index >= 15 is 0 Å². The number of amides is 1. The summed E-state index contributed by atoms with van der Waals surface area (Å²) in [4.78, 5) is 21.7. The van der Waals surface area contributed by atoms with Crippen LogP contribution in [0.4, 0.5) is 18.9 Å². The molecule has 1 atom stereocenters. The van der Waals surface area contributed by atoms with Crippen molar-refractivity contribution in [3.63, 3.8) is 0 Å². The first-order valence-corrected chi connectivity index (χ1v) is 11.3. The van der Waals surface area contributed by atoms with E-state index in [2.05, 4.69) is 25.7 Å². The average Bonchev–Trinajstić information content (AvgIpc) is 3.25. The number of alkyl halides is 3. The largest absolute Gasteiger partial charge is 0.435 e. The Balaban J connectivity index is 1.86. The van der Waals surface area contributed by atoms with E-state index in [1.165, 1.54) is 18.3 Å². The van der Waals surface area contributed by atoms with Gasteiger partial charge in [0.2, 0.25) is 0 Å². The second kappa shape index (κ2) is 9.75. The summed E-state index contributed by atoms with van der Waals surface area (Å²) >= 11 is 6.16. The van der Waals surface area contributed by atoms with E-state index in [0.29, 0.717) is 22.7 Å². The van der Waals surface area contributed by atoms with Crippen LogP contribution in [0.3, 0.4) is 0 Å². The first kappa shape index (κ1) is 25.4. The Hall–Kier alpha value is -3.70. The Morgan fingerprint density at radius 2 is 1.89 bits per heavy atom. The van der Waals surface area contributed by atoms with Gasteiger partial charge in [-0.1, -0.05) is 29.8 Å². The predicted molar refractivity (Wildman–Crippen MR) is 129 cm³/mol. The summed E-state index contributed by atoms with van der Waals surface area (Å²) in [7, 11) is 0. The van der Waals surface area contributed by atoms with Crippen molar-refractivity contribution in [3.8, 4) is 5.82 Å². The molecule has 1 aromatic carbocycles. The number of fused-ring (bicyclic) bond motifs is 1. The Morgan fingerprint density at radius 3 is 2.56 bits per heavy atom. The van der Waals surface area contributed by atoms with Gasteiger partial charge in [-0.2, -0.15) is 18.3 Å². The van der Waals surface area contributed by atoms with Gasteiger partial charge in [0.05, 0.1) is 33.2 Å². The van der Waals surface area contributed by atoms with Crippen molar-refractivity contribution < 1.29 is 23.1 Å². The molecule has 0 spiro atoms. The minimum atomic E-state index is -4.79. The van der Waals surface area contributed by atoms with Gasteiger partial charge in [0.1, 0.15) is 0 Å². The number of benzene rings is 1. The van der Waals surface area contributed by atoms with E-state index < -0.39 is 24.0 Å². The van der Waals surface area contributed by atoms with Crippen LogP contribution in [0.1, 0.15) is 47.5 Å². The van der Waals surface area contributed by atoms with Crippen molar-refractivity contribution in [3.05, 3.63) is 76.3 Å². The quantitative estimate of drug-likeness (QED) is 0.309. The normalized spacial score (nSPS) is 12.7. The molecule has 36 heavy (non-hydrogen) atoms. The Kier molecular flexibility index (Phi) is 6.87. The third kappa shape index (κ3) is 4.98. The standard InChI is InChI=1S/C24H22ClF3N6O2/c1-12(2)30-23(36)19-14-7-4-5-9-16(14)31-13(3)20(19)32-22(35)17-11-18(24(26,27)28)33-34(17)21-15(25)8-6-10-29-21/h4-12,22,32,35H,1-3H3,(H,30,36). The lowest BCUT2D eigenvalue weighted by molar-refractivity contribution is -0.141. The maximum absolute atomic E-state index is 13.5. The van der Waals surface area contributed by atoms with Crippen LogP contribution in [-0.2, 0) is 6.18 Å². The third-order valence-corrected chi connectivity index (χ3v) is 5.54. The van der Waals surface area contributed by atoms with Crippen molar-refractivity contribution in [2.24, 2.45) is 0 Å². The second-order valence-corrected chi connectivity index (χ2v) is 8.72. The lowest BCUT2D eigenvalue weighted by atomic mass is 10.0. The fourth-order valence-electron chi connectivity index (χ4n) is 3.72. The smallest absolute Gasteiger partial charge is 0.368 e. The van der Waals surface area contributed by atoms with Crippen molar-refractivity contribution in [1.29, 1.82) is 0 Å². The second-order valence-electron chi connectivity index (χ2n) is 8.31. The summed E-state index contributed by atoms with van der Waals surface area (Å²) < 4.78 is 41.4. The number of aryl methyl sites for hydroxylation is 1. The molecule has 1 amide bonds. The third-order valence-electron chi connectivity index (χ3n) is 5.25. The molecule has 0 saturated heterocycles. The predicted octanol–water partition coefficient (Wildman–Crippen LogP) is 5.04. The molecule has 3 N–H and O–H groups in total. The van der Waals surface area contributed by atoms with Crippen molar-refractivity contribution in [1.82, 2.24) is 25.1 Å². The van der Waals surface area contributed by atoms with Crippen molar-refractivity contribution in [2.75, 3.05) is 5.32 Å². The highest BCUT2D eigenvalue weighted by Crippen LogP contribution is 2.34. The van der Waals surface area contributed by atoms with Gasteiger partial charge < -0.3 is 15.7 Å². The molecule has 0 radical (unpaired) electrons. The van der Waals surface area contributed by atoms with Crippen LogP contribution in [0, 0.1) is 6.92 Å². The number of hydrogen-bond donors (Lipinski definition) is 3. The van der Waals surface area contributed by atoms with Gasteiger partial charge in [-0.3, -0.25) is 9.78 Å². The number of carbonyl (C=O) groups is 1. The van der Waals surface area contributed by atoms with E-state index in [1.54, 1.807) is 45.0 Å². The Morgan fingerprint density at radius 1 is 1.17 bits per heavy atom. The van der Waals surface area contributed by atoms with Crippen molar-refractivity contribution in [2.45, 2.75) is 39.2 Å². The van der Waals surface area contributed by atoms with E-state index in [-0.39, 0.29) is 33.8 Å². The van der Waals surface area contributed by atoms with E-state index in [9.17, 15) is 23.1 Å². The van der Waals surface area contributed by atoms with Crippen LogP contribution in [0.15, 0.2) is 48.7 Å². The first-order chi connectivity index (χ1) is 17.0. The highest BCUT2D eigenvalue weighted by Gasteiger charge is 2.37. The molecule has 3 aromatic heterocycles. The number of para-hydroxylation sites is 1. The van der Waals surface area contributed by atoms with Gasteiger partial charge in [-0.15, -0.1) is 0 Å². The number of hydrogen-bond acceptors (Lipinski definition) is 6. The Bertz CT molecular complexity index is 1440. The van der Waals surface area contributed by atoms with Gasteiger partial charge >= 0.3 is 6.18 Å². The summed E-state index contributed by atoms with van der Waals surface area (Å²) in [6.45, 7) is 5.22. The highest BCUT2D eigenvalue weighted by atomic mass is 35.5. The zero-order valence-corrected chi connectivity index (χ0v) is 20.2. The van der Waals surface area contributed by atoms with Crippen LogP contribution in [0.2, 0.25) is 5.02 Å². The lowest BCUT2D eigenvalue weighted by Crippen LogP contribution is -2.31. The first-order valence-electron chi connectivity index (χ1n) is 10.9. The molecule has 12 heteroatoms. The SMILES string of the molecule is Cc1nc2ccccc2c(C(=O)NC(C)C)c1NC(O)c1cc(C(F)(F)F)nn1-c1ncccc1Cl. The lowest BCUT2D eigenvalue weighted by Gasteiger charge is -2.21. The molecule has 0 bridgehead atoms. The molecular weight excluding hydrogens is 497 g/mol. The number of nitrogens with zero attached hydrogens (tertiary/aromatic N) is 4. The molecule has 0 aliphatic rings. The summed E-state index contributed by atoms with van der Waals surface area (Å²) in [5, 5.41) is 20.8. The van der Waals surface area contributed by atoms with Gasteiger partial charge in [0, 0.05) is 17.6 Å². The number of aliphatic hydroxyl groups excluding tert-OH is 1. The van der Waals surface area contributed by atoms with E-state index in [1.807, 2.05) is 0 Å². The van der Waals surface area contributed by atoms with Gasteiger partial charge in [-0.05, 0) is 45.0 Å². The van der Waals surface area contributed by atoms with Crippen LogP contribution >= 0.6 is 11.6 Å². The number of pyridine rings is 2. The number of nitrogens with one attached hydrogen (secondary N) is 2. The molecule has 3 heterocycles. The maximum atomic E-state index is 13.5. The number of aliphatic hydroxyl groups is 1. The van der Waals surface area contributed by atoms with E-state index in [0.717, 1.165) is 4.68 Å². The molecule has 4 rings (SSSR count). The molecule has 4 aromatic rings. The van der Waals surface area contributed by atoms with Crippen LogP contribution in [-0.4, -0.2) is 36.8 Å². The average molecular weight is 519 g/mol. The minimum Gasteiger partial charge on any atom is -0.368 e. The maximum Gasteiger partial charge on any atom is 0.435 e. The summed E-state index contributed by atoms with van der Waals surface area (Å²) in [6, 6.07) is 10.4. The van der Waals surface area contributed by atoms with E-state index in [4.69, 9.17) is 11.6 Å². The minimum absolute atomic E-state index is 0.0309. The van der Waals surface area contributed by atoms with Gasteiger partial charge in [-0.25, -0.2) is 9.67 Å². The summed E-state index contributed by atoms with van der Waals surface area (Å²) in [5.74, 6) is -0.532. The van der Waals surface area contributed by atoms with Gasteiger partial charge in [0.15, 0.2) is 17.7 Å². The molecule has 0 saturated carbocycles. The van der Waals surface area contributed by atoms with Crippen LogP contribution < -0.4 is 10.6 Å². The molecule has 8 nitrogen and oxygen atoms in total. The molecule has 0 aliphatic carbocycles. The topological polar surface area (TPSA) is 105 Å². The van der Waals surface area contributed by atoms with Crippen molar-refractivity contribution >= 4 is 34.1 Å². The fourth-order valence-corrected chi connectivity index (χ4v) is 3.93. The molecule has 1 unspecified atom stereocenters. The summed E-state index contributed by atoms with van der Waals surface area (Å²) in [6.07, 6.45) is -5.19. The molecule has 188 valence electrons. The number of rotatable bonds is 6. The van der Waals surface area contributed by atoms with Gasteiger partial charge in [0.25, 0.3) is 5.91 Å². The molecule has 0 aliphatic heterocycles. The molecule has 0 fully saturated rings. The fraction of sp³-hybridized carbons (Fsp3) is 0.250. The van der Waals surface area contributed by atoms with Crippen LogP contribution in [0.5, 0.6) is 0 Å². The summed E-state index contributed by atoms with van der Waals surface area (Å²) in [5.41, 5.74) is -0.262. The highest BCUT2D eigenvalue weighted by molar-refractivity contribution is 6.32. The molecular formula is C24H22ClF3N6O2. The zero-order chi connectivity index (χ0) is 26.2. The zero-order valence-electron chi connectivity index (χ0n) is 19.4. The Labute approximate surface area is 209 Å². The number of aromatic nitrogens is 4. The number of carbonyl (C=O) groups excluding carboxylic acids is 1. The number of anilines is 1. The van der Waals surface area contributed by atoms with Crippen LogP contribution in [0.25, 0.3) is 16.7 Å². The monoisotopic (exact) mass is 518 g/mol.